The van der Waals surface area contributed by atoms with Gasteiger partial charge in [0.05, 0.1) is 11.8 Å². The fourth-order valence-corrected chi connectivity index (χ4v) is 1.04. The topological polar surface area (TPSA) is 25.4 Å². The molecule has 2 nitrogen and oxygen atoms in total. The molecule has 0 unspecified atom stereocenters. The van der Waals surface area contributed by atoms with Crippen LogP contribution in [0.3, 0.4) is 0 Å². The van der Waals surface area contributed by atoms with Gasteiger partial charge in [0.1, 0.15) is 6.10 Å². The Hall–Kier alpha value is -0.890. The van der Waals surface area contributed by atoms with Crippen LogP contribution < -0.4 is 0 Å². The number of ether oxygens (including phenoxy) is 1. The molecule has 10 heavy (non-hydrogen) atoms. The van der Waals surface area contributed by atoms with E-state index < -0.39 is 0 Å². The number of hydrogen-bond acceptors (Lipinski definition) is 2. The molecule has 0 radical (unpaired) electrons. The largest absolute Gasteiger partial charge is 0.363 e. The summed E-state index contributed by atoms with van der Waals surface area (Å²) >= 11 is 0. The van der Waals surface area contributed by atoms with Crippen molar-refractivity contribution >= 4 is 0 Å². The first kappa shape index (κ1) is 5.86. The summed E-state index contributed by atoms with van der Waals surface area (Å²) in [4.78, 5) is 4.17. The van der Waals surface area contributed by atoms with Crippen molar-refractivity contribution in [3.63, 3.8) is 0 Å². The van der Waals surface area contributed by atoms with Gasteiger partial charge in [-0.25, -0.2) is 0 Å². The zero-order valence-corrected chi connectivity index (χ0v) is 5.82. The van der Waals surface area contributed by atoms with Gasteiger partial charge in [0.2, 0.25) is 0 Å². The Morgan fingerprint density at radius 1 is 1.50 bits per heavy atom. The fraction of sp³-hybridized carbons (Fsp3) is 0.375. The van der Waals surface area contributed by atoms with Crippen molar-refractivity contribution in [3.8, 4) is 0 Å². The molecule has 1 aliphatic rings. The smallest absolute Gasteiger partial charge is 0.126 e. The molecule has 52 valence electrons. The standard InChI is InChI=1S/C8H9NO/c1-6-8(10-6)7-4-2-3-5-9-7/h2-6,8H,1H3/t6-,8+/m1/s1. The highest BCUT2D eigenvalue weighted by Crippen LogP contribution is 2.36. The maximum absolute atomic E-state index is 5.24. The molecule has 2 atom stereocenters. The number of hydrogen-bond donors (Lipinski definition) is 0. The Balaban J connectivity index is 2.20. The summed E-state index contributed by atoms with van der Waals surface area (Å²) in [6, 6.07) is 5.89. The van der Waals surface area contributed by atoms with Crippen LogP contribution in [0.25, 0.3) is 0 Å². The quantitative estimate of drug-likeness (QED) is 0.546. The predicted molar refractivity (Wildman–Crippen MR) is 37.5 cm³/mol. The summed E-state index contributed by atoms with van der Waals surface area (Å²) < 4.78 is 5.24. The second-order valence-corrected chi connectivity index (χ2v) is 2.52. The molecular formula is C8H9NO. The Bertz CT molecular complexity index is 222. The van der Waals surface area contributed by atoms with Gasteiger partial charge in [-0.2, -0.15) is 0 Å². The molecule has 2 heterocycles. The lowest BCUT2D eigenvalue weighted by molar-refractivity contribution is 0.380. The van der Waals surface area contributed by atoms with E-state index in [1.165, 1.54) is 0 Å². The van der Waals surface area contributed by atoms with Gasteiger partial charge in [0.15, 0.2) is 0 Å². The molecule has 1 aliphatic heterocycles. The molecule has 0 spiro atoms. The van der Waals surface area contributed by atoms with E-state index in [2.05, 4.69) is 11.9 Å². The Morgan fingerprint density at radius 3 is 2.80 bits per heavy atom. The van der Waals surface area contributed by atoms with Gasteiger partial charge in [0, 0.05) is 6.20 Å². The average Bonchev–Trinajstić information content (AvgIpc) is 2.69. The van der Waals surface area contributed by atoms with Gasteiger partial charge in [-0.3, -0.25) is 4.98 Å². The molecule has 0 N–H and O–H groups in total. The highest BCUT2D eigenvalue weighted by Gasteiger charge is 2.36. The molecule has 0 amide bonds. The highest BCUT2D eigenvalue weighted by atomic mass is 16.6. The molecule has 2 rings (SSSR count). The number of nitrogens with zero attached hydrogens (tertiary/aromatic N) is 1. The number of aromatic nitrogens is 1. The molecular weight excluding hydrogens is 126 g/mol. The van der Waals surface area contributed by atoms with Gasteiger partial charge in [-0.1, -0.05) is 6.07 Å². The van der Waals surface area contributed by atoms with Gasteiger partial charge in [0.25, 0.3) is 0 Å². The minimum atomic E-state index is 0.265. The first-order valence-corrected chi connectivity index (χ1v) is 3.44. The molecule has 0 aliphatic carbocycles. The van der Waals surface area contributed by atoms with Crippen molar-refractivity contribution in [2.45, 2.75) is 19.1 Å². The first-order chi connectivity index (χ1) is 4.88. The third-order valence-corrected chi connectivity index (χ3v) is 1.69. The summed E-state index contributed by atoms with van der Waals surface area (Å²) in [6.07, 6.45) is 2.43. The molecule has 1 aromatic heterocycles. The van der Waals surface area contributed by atoms with Crippen molar-refractivity contribution in [1.29, 1.82) is 0 Å². The molecule has 1 aromatic rings. The van der Waals surface area contributed by atoms with Crippen molar-refractivity contribution in [2.75, 3.05) is 0 Å². The number of pyridine rings is 1. The first-order valence-electron chi connectivity index (χ1n) is 3.44. The summed E-state index contributed by atoms with van der Waals surface area (Å²) in [7, 11) is 0. The Morgan fingerprint density at radius 2 is 2.30 bits per heavy atom. The second kappa shape index (κ2) is 2.06. The summed E-state index contributed by atoms with van der Waals surface area (Å²) in [5, 5.41) is 0. The van der Waals surface area contributed by atoms with Crippen LogP contribution in [-0.4, -0.2) is 11.1 Å². The number of rotatable bonds is 1. The van der Waals surface area contributed by atoms with Gasteiger partial charge in [-0.05, 0) is 19.1 Å². The van der Waals surface area contributed by atoms with Crippen molar-refractivity contribution < 1.29 is 4.74 Å². The van der Waals surface area contributed by atoms with Crippen molar-refractivity contribution in [1.82, 2.24) is 4.98 Å². The maximum Gasteiger partial charge on any atom is 0.126 e. The zero-order valence-electron chi connectivity index (χ0n) is 5.82. The van der Waals surface area contributed by atoms with E-state index in [1.54, 1.807) is 6.20 Å². The second-order valence-electron chi connectivity index (χ2n) is 2.52. The van der Waals surface area contributed by atoms with Crippen LogP contribution in [0.1, 0.15) is 18.7 Å². The lowest BCUT2D eigenvalue weighted by atomic mass is 10.2. The molecule has 0 saturated carbocycles. The predicted octanol–water partition coefficient (Wildman–Crippen LogP) is 1.54. The van der Waals surface area contributed by atoms with E-state index in [0.29, 0.717) is 6.10 Å². The van der Waals surface area contributed by atoms with E-state index in [4.69, 9.17) is 4.74 Å². The van der Waals surface area contributed by atoms with Crippen LogP contribution in [0.5, 0.6) is 0 Å². The van der Waals surface area contributed by atoms with E-state index in [-0.39, 0.29) is 6.10 Å². The van der Waals surface area contributed by atoms with E-state index in [0.717, 1.165) is 5.69 Å². The van der Waals surface area contributed by atoms with E-state index >= 15 is 0 Å². The average molecular weight is 135 g/mol. The maximum atomic E-state index is 5.24. The lowest BCUT2D eigenvalue weighted by Gasteiger charge is -1.89. The summed E-state index contributed by atoms with van der Waals surface area (Å²) in [5.74, 6) is 0. The van der Waals surface area contributed by atoms with Crippen LogP contribution in [0.2, 0.25) is 0 Å². The normalized spacial score (nSPS) is 30.1. The summed E-state index contributed by atoms with van der Waals surface area (Å²) in [5.41, 5.74) is 1.05. The van der Waals surface area contributed by atoms with Crippen LogP contribution >= 0.6 is 0 Å². The van der Waals surface area contributed by atoms with Crippen molar-refractivity contribution in [3.05, 3.63) is 30.1 Å². The highest BCUT2D eigenvalue weighted by molar-refractivity contribution is 5.12. The van der Waals surface area contributed by atoms with Gasteiger partial charge >= 0.3 is 0 Å². The van der Waals surface area contributed by atoms with Gasteiger partial charge < -0.3 is 4.74 Å². The van der Waals surface area contributed by atoms with Crippen LogP contribution in [-0.2, 0) is 4.74 Å². The van der Waals surface area contributed by atoms with Crippen LogP contribution in [0.4, 0.5) is 0 Å². The third kappa shape index (κ3) is 0.907. The van der Waals surface area contributed by atoms with Crippen molar-refractivity contribution in [2.24, 2.45) is 0 Å². The number of epoxide rings is 1. The minimum absolute atomic E-state index is 0.265. The zero-order chi connectivity index (χ0) is 6.97. The lowest BCUT2D eigenvalue weighted by Crippen LogP contribution is -1.86. The summed E-state index contributed by atoms with van der Waals surface area (Å²) in [6.45, 7) is 2.05. The van der Waals surface area contributed by atoms with E-state index in [9.17, 15) is 0 Å². The Kier molecular flexibility index (Phi) is 1.21. The molecule has 0 bridgehead atoms. The Labute approximate surface area is 59.9 Å². The molecule has 1 saturated heterocycles. The van der Waals surface area contributed by atoms with E-state index in [1.807, 2.05) is 18.2 Å². The molecule has 1 fully saturated rings. The van der Waals surface area contributed by atoms with Crippen LogP contribution in [0, 0.1) is 0 Å². The molecule has 2 heteroatoms. The van der Waals surface area contributed by atoms with Gasteiger partial charge in [-0.15, -0.1) is 0 Å². The SMILES string of the molecule is C[C@H]1O[C@@H]1c1ccccn1. The van der Waals surface area contributed by atoms with Crippen LogP contribution in [0.15, 0.2) is 24.4 Å². The molecule has 0 aromatic carbocycles. The monoisotopic (exact) mass is 135 g/mol. The minimum Gasteiger partial charge on any atom is -0.363 e. The third-order valence-electron chi connectivity index (χ3n) is 1.69. The fourth-order valence-electron chi connectivity index (χ4n) is 1.04.